The number of benzene rings is 2. The summed E-state index contributed by atoms with van der Waals surface area (Å²) in [6.45, 7) is 2.01. The van der Waals surface area contributed by atoms with Gasteiger partial charge in [0.05, 0.1) is 11.4 Å². The van der Waals surface area contributed by atoms with E-state index in [-0.39, 0.29) is 11.7 Å². The second-order valence-electron chi connectivity index (χ2n) is 6.47. The van der Waals surface area contributed by atoms with E-state index < -0.39 is 0 Å². The quantitative estimate of drug-likeness (QED) is 0.507. The van der Waals surface area contributed by atoms with Crippen molar-refractivity contribution in [1.29, 1.82) is 0 Å². The predicted molar refractivity (Wildman–Crippen MR) is 109 cm³/mol. The largest absolute Gasteiger partial charge is 0.322 e. The van der Waals surface area contributed by atoms with Gasteiger partial charge in [0, 0.05) is 24.0 Å². The first-order chi connectivity index (χ1) is 13.6. The average molecular weight is 371 g/mol. The summed E-state index contributed by atoms with van der Waals surface area (Å²) in [4.78, 5) is 17.1. The number of anilines is 1. The minimum absolute atomic E-state index is 0.267. The molecule has 1 amide bonds. The second kappa shape index (κ2) is 7.48. The van der Waals surface area contributed by atoms with E-state index >= 15 is 0 Å². The van der Waals surface area contributed by atoms with Gasteiger partial charge < -0.3 is 9.72 Å². The molecule has 28 heavy (non-hydrogen) atoms. The molecule has 2 aromatic heterocycles. The lowest BCUT2D eigenvalue weighted by molar-refractivity contribution is -0.111. The van der Waals surface area contributed by atoms with E-state index in [0.717, 1.165) is 28.0 Å². The summed E-state index contributed by atoms with van der Waals surface area (Å²) < 4.78 is 14.9. The molecule has 2 heterocycles. The summed E-state index contributed by atoms with van der Waals surface area (Å²) in [5.41, 5.74) is 5.02. The van der Waals surface area contributed by atoms with E-state index in [1.165, 1.54) is 18.2 Å². The van der Waals surface area contributed by atoms with E-state index in [0.29, 0.717) is 5.69 Å². The van der Waals surface area contributed by atoms with E-state index in [1.807, 2.05) is 60.1 Å². The molecule has 4 nitrogen and oxygen atoms in total. The van der Waals surface area contributed by atoms with Crippen LogP contribution in [-0.4, -0.2) is 15.3 Å². The first-order valence-corrected chi connectivity index (χ1v) is 8.88. The van der Waals surface area contributed by atoms with Crippen molar-refractivity contribution in [2.24, 2.45) is 0 Å². The summed E-state index contributed by atoms with van der Waals surface area (Å²) in [6, 6.07) is 17.5. The van der Waals surface area contributed by atoms with Crippen LogP contribution < -0.4 is 5.32 Å². The molecule has 4 aromatic rings. The maximum absolute atomic E-state index is 13.0. The highest BCUT2D eigenvalue weighted by Gasteiger charge is 2.11. The molecule has 1 N–H and O–H groups in total. The zero-order valence-electron chi connectivity index (χ0n) is 15.3. The third-order valence-corrected chi connectivity index (χ3v) is 4.44. The zero-order valence-corrected chi connectivity index (χ0v) is 15.3. The third-order valence-electron chi connectivity index (χ3n) is 4.44. The Hall–Kier alpha value is -3.73. The average Bonchev–Trinajstić information content (AvgIpc) is 3.13. The Morgan fingerprint density at radius 3 is 2.64 bits per heavy atom. The van der Waals surface area contributed by atoms with Gasteiger partial charge in [-0.25, -0.2) is 9.37 Å². The summed E-state index contributed by atoms with van der Waals surface area (Å²) in [6.07, 6.45) is 6.97. The van der Waals surface area contributed by atoms with Crippen LogP contribution in [0.3, 0.4) is 0 Å². The van der Waals surface area contributed by atoms with Crippen molar-refractivity contribution in [2.75, 3.05) is 5.32 Å². The Balaban J connectivity index is 1.59. The van der Waals surface area contributed by atoms with E-state index in [9.17, 15) is 9.18 Å². The molecule has 0 aliphatic carbocycles. The maximum atomic E-state index is 13.0. The number of amides is 1. The van der Waals surface area contributed by atoms with Crippen LogP contribution in [-0.2, 0) is 4.79 Å². The van der Waals surface area contributed by atoms with Gasteiger partial charge in [0.15, 0.2) is 0 Å². The molecule has 0 aliphatic rings. The molecule has 0 atom stereocenters. The van der Waals surface area contributed by atoms with Crippen LogP contribution >= 0.6 is 0 Å². The summed E-state index contributed by atoms with van der Waals surface area (Å²) in [5, 5.41) is 2.90. The van der Waals surface area contributed by atoms with Gasteiger partial charge in [-0.3, -0.25) is 4.79 Å². The monoisotopic (exact) mass is 371 g/mol. The van der Waals surface area contributed by atoms with Gasteiger partial charge in [0.1, 0.15) is 11.5 Å². The molecule has 0 radical (unpaired) electrons. The molecule has 138 valence electrons. The highest BCUT2D eigenvalue weighted by Crippen LogP contribution is 2.28. The fraction of sp³-hybridized carbons (Fsp3) is 0.0435. The van der Waals surface area contributed by atoms with Gasteiger partial charge in [0.25, 0.3) is 0 Å². The van der Waals surface area contributed by atoms with Gasteiger partial charge in [-0.1, -0.05) is 36.4 Å². The number of rotatable bonds is 4. The van der Waals surface area contributed by atoms with E-state index in [4.69, 9.17) is 4.98 Å². The lowest BCUT2D eigenvalue weighted by atomic mass is 10.1. The smallest absolute Gasteiger partial charge is 0.248 e. The molecule has 0 unspecified atom stereocenters. The Morgan fingerprint density at radius 2 is 1.86 bits per heavy atom. The van der Waals surface area contributed by atoms with Gasteiger partial charge in [-0.05, 0) is 48.4 Å². The number of aryl methyl sites for hydroxylation is 1. The van der Waals surface area contributed by atoms with Crippen LogP contribution in [0.5, 0.6) is 0 Å². The van der Waals surface area contributed by atoms with Crippen molar-refractivity contribution in [3.05, 3.63) is 96.1 Å². The molecule has 0 bridgehead atoms. The molecular formula is C23H18FN3O. The summed E-state index contributed by atoms with van der Waals surface area (Å²) in [7, 11) is 0. The number of nitrogens with zero attached hydrogens (tertiary/aromatic N) is 2. The Kier molecular flexibility index (Phi) is 4.72. The van der Waals surface area contributed by atoms with Gasteiger partial charge in [0.2, 0.25) is 5.91 Å². The number of para-hydroxylation sites is 1. The number of halogens is 1. The minimum atomic E-state index is -0.307. The normalized spacial score (nSPS) is 11.2. The fourth-order valence-electron chi connectivity index (χ4n) is 3.02. The van der Waals surface area contributed by atoms with Crippen LogP contribution in [0.15, 0.2) is 79.1 Å². The van der Waals surface area contributed by atoms with Gasteiger partial charge >= 0.3 is 0 Å². The number of hydrogen-bond donors (Lipinski definition) is 1. The molecule has 0 fully saturated rings. The van der Waals surface area contributed by atoms with Crippen molar-refractivity contribution in [1.82, 2.24) is 9.38 Å². The number of carbonyl (C=O) groups is 1. The number of aromatic nitrogens is 2. The number of hydrogen-bond acceptors (Lipinski definition) is 2. The standard InChI is InChI=1S/C23H18FN3O/c1-16-5-4-14-27-15-21(26-23(16)27)19-6-2-3-7-20(19)25-22(28)13-10-17-8-11-18(24)12-9-17/h2-15H,1H3,(H,25,28)/b13-10+. The molecule has 0 saturated carbocycles. The molecule has 5 heteroatoms. The van der Waals surface area contributed by atoms with Crippen molar-refractivity contribution < 1.29 is 9.18 Å². The number of imidazole rings is 1. The Morgan fingerprint density at radius 1 is 1.07 bits per heavy atom. The molecular weight excluding hydrogens is 353 g/mol. The maximum Gasteiger partial charge on any atom is 0.248 e. The van der Waals surface area contributed by atoms with Crippen LogP contribution in [0.4, 0.5) is 10.1 Å². The summed E-state index contributed by atoms with van der Waals surface area (Å²) in [5.74, 6) is -0.574. The van der Waals surface area contributed by atoms with Crippen molar-refractivity contribution in [2.45, 2.75) is 6.92 Å². The zero-order chi connectivity index (χ0) is 19.5. The van der Waals surface area contributed by atoms with E-state index in [1.54, 1.807) is 18.2 Å². The Labute approximate surface area is 162 Å². The Bertz CT molecular complexity index is 1180. The molecule has 2 aromatic carbocycles. The van der Waals surface area contributed by atoms with Crippen LogP contribution in [0, 0.1) is 12.7 Å². The lowest BCUT2D eigenvalue weighted by Gasteiger charge is -2.07. The van der Waals surface area contributed by atoms with Gasteiger partial charge in [-0.2, -0.15) is 0 Å². The molecule has 0 spiro atoms. The first-order valence-electron chi connectivity index (χ1n) is 8.88. The second-order valence-corrected chi connectivity index (χ2v) is 6.47. The SMILES string of the molecule is Cc1cccn2cc(-c3ccccc3NC(=O)/C=C/c3ccc(F)cc3)nc12. The highest BCUT2D eigenvalue weighted by atomic mass is 19.1. The minimum Gasteiger partial charge on any atom is -0.322 e. The van der Waals surface area contributed by atoms with Crippen LogP contribution in [0.2, 0.25) is 0 Å². The molecule has 4 rings (SSSR count). The first kappa shape index (κ1) is 17.7. The van der Waals surface area contributed by atoms with Gasteiger partial charge in [-0.15, -0.1) is 0 Å². The molecule has 0 saturated heterocycles. The van der Waals surface area contributed by atoms with Crippen LogP contribution in [0.25, 0.3) is 23.0 Å². The van der Waals surface area contributed by atoms with Crippen molar-refractivity contribution in [3.63, 3.8) is 0 Å². The fourth-order valence-corrected chi connectivity index (χ4v) is 3.02. The number of pyridine rings is 1. The highest BCUT2D eigenvalue weighted by molar-refractivity contribution is 6.04. The predicted octanol–water partition coefficient (Wildman–Crippen LogP) is 5.10. The van der Waals surface area contributed by atoms with Crippen molar-refractivity contribution >= 4 is 23.3 Å². The third kappa shape index (κ3) is 3.69. The topological polar surface area (TPSA) is 46.4 Å². The summed E-state index contributed by atoms with van der Waals surface area (Å²) >= 11 is 0. The van der Waals surface area contributed by atoms with Crippen molar-refractivity contribution in [3.8, 4) is 11.3 Å². The number of fused-ring (bicyclic) bond motifs is 1. The van der Waals surface area contributed by atoms with Crippen LogP contribution in [0.1, 0.15) is 11.1 Å². The number of carbonyl (C=O) groups excluding carboxylic acids is 1. The lowest BCUT2D eigenvalue weighted by Crippen LogP contribution is -2.08. The van der Waals surface area contributed by atoms with E-state index in [2.05, 4.69) is 5.32 Å². The molecule has 0 aliphatic heterocycles. The number of nitrogens with one attached hydrogen (secondary N) is 1.